The van der Waals surface area contributed by atoms with Crippen molar-refractivity contribution in [2.75, 3.05) is 18.8 Å². The third-order valence-electron chi connectivity index (χ3n) is 3.91. The number of benzene rings is 1. The van der Waals surface area contributed by atoms with Gasteiger partial charge in [-0.05, 0) is 46.8 Å². The topological polar surface area (TPSA) is 63.4 Å². The fourth-order valence-electron chi connectivity index (χ4n) is 2.83. The Bertz CT molecular complexity index is 588. The number of nitrogens with zero attached hydrogens (tertiary/aromatic N) is 1. The molecule has 1 fully saturated rings. The fraction of sp³-hybridized carbons (Fsp3) is 0.571. The first-order valence-corrected chi connectivity index (χ1v) is 10.1. The van der Waals surface area contributed by atoms with Crippen LogP contribution in [0.25, 0.3) is 0 Å². The van der Waals surface area contributed by atoms with E-state index in [4.69, 9.17) is 5.73 Å². The Morgan fingerprint density at radius 2 is 1.90 bits per heavy atom. The van der Waals surface area contributed by atoms with Crippen LogP contribution in [0.2, 0.25) is 0 Å². The van der Waals surface area contributed by atoms with Gasteiger partial charge in [0, 0.05) is 22.0 Å². The molecular formula is C14H20Br2N2O2S. The highest BCUT2D eigenvalue weighted by Crippen LogP contribution is 2.35. The van der Waals surface area contributed by atoms with Crippen LogP contribution in [0.3, 0.4) is 0 Å². The summed E-state index contributed by atoms with van der Waals surface area (Å²) in [4.78, 5) is 0.180. The zero-order valence-electron chi connectivity index (χ0n) is 12.0. The van der Waals surface area contributed by atoms with Crippen LogP contribution in [0.15, 0.2) is 26.0 Å². The van der Waals surface area contributed by atoms with Gasteiger partial charge < -0.3 is 5.73 Å². The van der Waals surface area contributed by atoms with Crippen molar-refractivity contribution in [2.24, 2.45) is 5.92 Å². The third kappa shape index (κ3) is 3.81. The minimum Gasteiger partial charge on any atom is -0.398 e. The van der Waals surface area contributed by atoms with Crippen LogP contribution in [0, 0.1) is 5.92 Å². The number of hydrogen-bond acceptors (Lipinski definition) is 3. The number of nitrogens with two attached hydrogens (primary N) is 1. The molecule has 2 N–H and O–H groups in total. The highest BCUT2D eigenvalue weighted by Gasteiger charge is 2.32. The molecule has 2 rings (SSSR count). The van der Waals surface area contributed by atoms with Crippen LogP contribution in [0.5, 0.6) is 0 Å². The molecule has 0 spiro atoms. The molecule has 0 aliphatic carbocycles. The van der Waals surface area contributed by atoms with Crippen LogP contribution in [-0.2, 0) is 10.0 Å². The largest absolute Gasteiger partial charge is 0.398 e. The van der Waals surface area contributed by atoms with Crippen molar-refractivity contribution in [3.8, 4) is 0 Å². The molecule has 0 unspecified atom stereocenters. The molecule has 7 heteroatoms. The molecule has 0 atom stereocenters. The number of anilines is 1. The molecule has 0 saturated carbocycles. The first-order chi connectivity index (χ1) is 9.86. The van der Waals surface area contributed by atoms with Gasteiger partial charge in [0.05, 0.1) is 5.69 Å². The maximum Gasteiger partial charge on any atom is 0.246 e. The van der Waals surface area contributed by atoms with Crippen LogP contribution in [0.4, 0.5) is 5.69 Å². The summed E-state index contributed by atoms with van der Waals surface area (Å²) in [5.74, 6) is 0.646. The van der Waals surface area contributed by atoms with Gasteiger partial charge in [0.2, 0.25) is 10.0 Å². The van der Waals surface area contributed by atoms with E-state index in [2.05, 4.69) is 38.8 Å². The summed E-state index contributed by atoms with van der Waals surface area (Å²) in [6, 6.07) is 3.34. The lowest BCUT2D eigenvalue weighted by molar-refractivity contribution is 0.262. The molecule has 1 saturated heterocycles. The van der Waals surface area contributed by atoms with Crippen LogP contribution in [-0.4, -0.2) is 25.8 Å². The van der Waals surface area contributed by atoms with Gasteiger partial charge in [-0.2, -0.15) is 4.31 Å². The van der Waals surface area contributed by atoms with Crippen LogP contribution in [0.1, 0.15) is 32.6 Å². The Labute approximate surface area is 143 Å². The van der Waals surface area contributed by atoms with Gasteiger partial charge in [0.15, 0.2) is 0 Å². The van der Waals surface area contributed by atoms with Crippen LogP contribution < -0.4 is 5.73 Å². The number of rotatable bonds is 4. The van der Waals surface area contributed by atoms with Gasteiger partial charge >= 0.3 is 0 Å². The molecule has 0 amide bonds. The quantitative estimate of drug-likeness (QED) is 0.721. The van der Waals surface area contributed by atoms with Gasteiger partial charge in [-0.3, -0.25) is 0 Å². The Morgan fingerprint density at radius 1 is 1.29 bits per heavy atom. The van der Waals surface area contributed by atoms with E-state index in [-0.39, 0.29) is 10.6 Å². The summed E-state index contributed by atoms with van der Waals surface area (Å²) in [5, 5.41) is 0. The molecule has 0 bridgehead atoms. The van der Waals surface area contributed by atoms with Crippen molar-refractivity contribution in [1.29, 1.82) is 0 Å². The smallest absolute Gasteiger partial charge is 0.246 e. The van der Waals surface area contributed by atoms with E-state index in [0.717, 1.165) is 23.7 Å². The second-order valence-corrected chi connectivity index (χ2v) is 9.09. The van der Waals surface area contributed by atoms with Crippen molar-refractivity contribution in [3.63, 3.8) is 0 Å². The number of piperidine rings is 1. The van der Waals surface area contributed by atoms with Crippen LogP contribution >= 0.6 is 31.9 Å². The van der Waals surface area contributed by atoms with E-state index < -0.39 is 10.0 Å². The first-order valence-electron chi connectivity index (χ1n) is 7.11. The Kier molecular flexibility index (Phi) is 5.73. The summed E-state index contributed by atoms with van der Waals surface area (Å²) in [5.41, 5.74) is 6.19. The molecule has 21 heavy (non-hydrogen) atoms. The highest BCUT2D eigenvalue weighted by molar-refractivity contribution is 9.11. The van der Waals surface area contributed by atoms with Gasteiger partial charge in [-0.25, -0.2) is 8.42 Å². The van der Waals surface area contributed by atoms with Gasteiger partial charge in [0.25, 0.3) is 0 Å². The number of nitrogen functional groups attached to an aromatic ring is 1. The van der Waals surface area contributed by atoms with Gasteiger partial charge in [-0.15, -0.1) is 0 Å². The normalized spacial score (nSPS) is 18.0. The van der Waals surface area contributed by atoms with E-state index in [1.807, 2.05) is 0 Å². The predicted molar refractivity (Wildman–Crippen MR) is 92.6 cm³/mol. The summed E-state index contributed by atoms with van der Waals surface area (Å²) in [6.45, 7) is 3.33. The van der Waals surface area contributed by atoms with E-state index in [0.29, 0.717) is 23.5 Å². The lowest BCUT2D eigenvalue weighted by atomic mass is 9.94. The molecule has 0 aromatic heterocycles. The molecule has 118 valence electrons. The van der Waals surface area contributed by atoms with E-state index in [1.165, 1.54) is 6.42 Å². The van der Waals surface area contributed by atoms with Crippen molar-refractivity contribution in [2.45, 2.75) is 37.5 Å². The average Bonchev–Trinajstić information content (AvgIpc) is 2.38. The van der Waals surface area contributed by atoms with Crippen molar-refractivity contribution >= 4 is 47.6 Å². The first kappa shape index (κ1) is 17.2. The summed E-state index contributed by atoms with van der Waals surface area (Å²) >= 11 is 6.64. The van der Waals surface area contributed by atoms with E-state index >= 15 is 0 Å². The van der Waals surface area contributed by atoms with Crippen molar-refractivity contribution in [1.82, 2.24) is 4.31 Å². The SMILES string of the molecule is CCCC1CCN(S(=O)(=O)c2c(N)cc(Br)cc2Br)CC1. The molecule has 1 aliphatic heterocycles. The van der Waals surface area contributed by atoms with E-state index in [9.17, 15) is 8.42 Å². The second kappa shape index (κ2) is 6.98. The molecule has 4 nitrogen and oxygen atoms in total. The Hall–Kier alpha value is -0.110. The summed E-state index contributed by atoms with van der Waals surface area (Å²) < 4.78 is 28.4. The molecule has 1 heterocycles. The minimum atomic E-state index is -3.54. The lowest BCUT2D eigenvalue weighted by Gasteiger charge is -2.31. The monoisotopic (exact) mass is 438 g/mol. The van der Waals surface area contributed by atoms with Crippen molar-refractivity contribution in [3.05, 3.63) is 21.1 Å². The average molecular weight is 440 g/mol. The lowest BCUT2D eigenvalue weighted by Crippen LogP contribution is -2.38. The maximum absolute atomic E-state index is 12.8. The second-order valence-electron chi connectivity index (χ2n) is 5.44. The molecule has 1 aromatic rings. The number of halogens is 2. The third-order valence-corrected chi connectivity index (χ3v) is 7.27. The Morgan fingerprint density at radius 3 is 2.43 bits per heavy atom. The van der Waals surface area contributed by atoms with Crippen molar-refractivity contribution < 1.29 is 8.42 Å². The highest BCUT2D eigenvalue weighted by atomic mass is 79.9. The fourth-order valence-corrected chi connectivity index (χ4v) is 6.31. The zero-order chi connectivity index (χ0) is 15.6. The number of sulfonamides is 1. The predicted octanol–water partition coefficient (Wildman–Crippen LogP) is 3.99. The summed E-state index contributed by atoms with van der Waals surface area (Å²) in [7, 11) is -3.54. The molecule has 0 radical (unpaired) electrons. The van der Waals surface area contributed by atoms with Gasteiger partial charge in [-0.1, -0.05) is 35.7 Å². The Balaban J connectivity index is 2.24. The molecule has 1 aromatic carbocycles. The van der Waals surface area contributed by atoms with E-state index in [1.54, 1.807) is 16.4 Å². The summed E-state index contributed by atoms with van der Waals surface area (Å²) in [6.07, 6.45) is 4.20. The number of hydrogen-bond donors (Lipinski definition) is 1. The van der Waals surface area contributed by atoms with Gasteiger partial charge in [0.1, 0.15) is 4.90 Å². The minimum absolute atomic E-state index is 0.180. The maximum atomic E-state index is 12.8. The zero-order valence-corrected chi connectivity index (χ0v) is 16.0. The molecule has 1 aliphatic rings. The standard InChI is InChI=1S/C14H20Br2N2O2S/c1-2-3-10-4-6-18(7-5-10)21(19,20)14-12(16)8-11(15)9-13(14)17/h8-10H,2-7,17H2,1H3. The molecular weight excluding hydrogens is 420 g/mol.